The van der Waals surface area contributed by atoms with E-state index in [1.54, 1.807) is 0 Å². The van der Waals surface area contributed by atoms with Crippen molar-refractivity contribution in [2.24, 2.45) is 5.92 Å². The van der Waals surface area contributed by atoms with Gasteiger partial charge in [0.1, 0.15) is 0 Å². The topological polar surface area (TPSA) is 29.5 Å². The van der Waals surface area contributed by atoms with Gasteiger partial charge in [0.05, 0.1) is 6.61 Å². The first-order valence-electron chi connectivity index (χ1n) is 5.28. The lowest BCUT2D eigenvalue weighted by Crippen LogP contribution is -2.20. The molecule has 3 nitrogen and oxygen atoms in total. The largest absolute Gasteiger partial charge is 0.463 e. The minimum atomic E-state index is -0.236. The van der Waals surface area contributed by atoms with E-state index in [1.165, 1.54) is 12.5 Å². The molecule has 0 aromatic heterocycles. The second-order valence-electron chi connectivity index (χ2n) is 3.81. The molecule has 0 aromatic rings. The summed E-state index contributed by atoms with van der Waals surface area (Å²) in [6.07, 6.45) is 4.68. The number of hydrogen-bond donors (Lipinski definition) is 0. The summed E-state index contributed by atoms with van der Waals surface area (Å²) in [7, 11) is 0. The summed E-state index contributed by atoms with van der Waals surface area (Å²) in [5, 5.41) is 0. The van der Waals surface area contributed by atoms with Crippen LogP contribution in [0.25, 0.3) is 0 Å². The minimum absolute atomic E-state index is 0.236. The lowest BCUT2D eigenvalue weighted by molar-refractivity contribution is -0.137. The van der Waals surface area contributed by atoms with Gasteiger partial charge in [0, 0.05) is 19.2 Å². The molecule has 0 aromatic carbocycles. The molecule has 0 bridgehead atoms. The average molecular weight is 197 g/mol. The van der Waals surface area contributed by atoms with E-state index in [9.17, 15) is 4.79 Å². The van der Waals surface area contributed by atoms with Crippen LogP contribution in [0, 0.1) is 5.92 Å². The highest BCUT2D eigenvalue weighted by Gasteiger charge is 2.16. The van der Waals surface area contributed by atoms with Crippen molar-refractivity contribution in [1.82, 2.24) is 4.90 Å². The summed E-state index contributed by atoms with van der Waals surface area (Å²) in [6.45, 7) is 7.68. The van der Waals surface area contributed by atoms with E-state index in [0.29, 0.717) is 6.61 Å². The highest BCUT2D eigenvalue weighted by Crippen LogP contribution is 2.14. The van der Waals surface area contributed by atoms with E-state index in [1.807, 2.05) is 13.0 Å². The molecular weight excluding hydrogens is 178 g/mol. The Labute approximate surface area is 85.7 Å². The highest BCUT2D eigenvalue weighted by molar-refractivity contribution is 5.81. The first-order chi connectivity index (χ1) is 6.72. The molecule has 14 heavy (non-hydrogen) atoms. The maximum absolute atomic E-state index is 11.0. The number of carbonyl (C=O) groups excluding carboxylic acids is 1. The predicted molar refractivity (Wildman–Crippen MR) is 56.0 cm³/mol. The SMILES string of the molecule is CCOC(=O)/C=C/CN1CCC(C)C1. The number of ether oxygens (including phenoxy) is 1. The maximum Gasteiger partial charge on any atom is 0.330 e. The number of hydrogen-bond acceptors (Lipinski definition) is 3. The van der Waals surface area contributed by atoms with Crippen molar-refractivity contribution in [3.05, 3.63) is 12.2 Å². The second kappa shape index (κ2) is 5.81. The van der Waals surface area contributed by atoms with Gasteiger partial charge < -0.3 is 4.74 Å². The molecule has 0 spiro atoms. The molecule has 0 N–H and O–H groups in total. The molecule has 0 radical (unpaired) electrons. The number of nitrogens with zero attached hydrogens (tertiary/aromatic N) is 1. The van der Waals surface area contributed by atoms with Crippen LogP contribution < -0.4 is 0 Å². The van der Waals surface area contributed by atoms with Gasteiger partial charge in [-0.1, -0.05) is 13.0 Å². The molecule has 1 rings (SSSR count). The van der Waals surface area contributed by atoms with Crippen molar-refractivity contribution in [2.75, 3.05) is 26.2 Å². The Bertz CT molecular complexity index is 213. The van der Waals surface area contributed by atoms with Crippen LogP contribution in [0.3, 0.4) is 0 Å². The van der Waals surface area contributed by atoms with Crippen LogP contribution in [-0.4, -0.2) is 37.1 Å². The molecule has 1 heterocycles. The summed E-state index contributed by atoms with van der Waals surface area (Å²) >= 11 is 0. The van der Waals surface area contributed by atoms with E-state index < -0.39 is 0 Å². The Balaban J connectivity index is 2.16. The molecule has 1 unspecified atom stereocenters. The molecule has 1 aliphatic rings. The zero-order valence-corrected chi connectivity index (χ0v) is 9.03. The Morgan fingerprint density at radius 2 is 2.43 bits per heavy atom. The zero-order valence-electron chi connectivity index (χ0n) is 9.03. The fourth-order valence-corrected chi connectivity index (χ4v) is 1.68. The zero-order chi connectivity index (χ0) is 10.4. The Hall–Kier alpha value is -0.830. The smallest absolute Gasteiger partial charge is 0.330 e. The molecule has 3 heteroatoms. The monoisotopic (exact) mass is 197 g/mol. The summed E-state index contributed by atoms with van der Waals surface area (Å²) < 4.78 is 4.78. The van der Waals surface area contributed by atoms with Crippen molar-refractivity contribution in [2.45, 2.75) is 20.3 Å². The quantitative estimate of drug-likeness (QED) is 0.504. The van der Waals surface area contributed by atoms with Gasteiger partial charge in [-0.2, -0.15) is 0 Å². The molecule has 80 valence electrons. The molecule has 0 aliphatic carbocycles. The van der Waals surface area contributed by atoms with Crippen molar-refractivity contribution >= 4 is 5.97 Å². The van der Waals surface area contributed by atoms with Gasteiger partial charge in [0.2, 0.25) is 0 Å². The van der Waals surface area contributed by atoms with Crippen LogP contribution in [0.5, 0.6) is 0 Å². The van der Waals surface area contributed by atoms with Crippen molar-refractivity contribution in [1.29, 1.82) is 0 Å². The molecule has 0 saturated carbocycles. The van der Waals surface area contributed by atoms with E-state index in [0.717, 1.165) is 25.6 Å². The third-order valence-corrected chi connectivity index (χ3v) is 2.41. The number of likely N-dealkylation sites (tertiary alicyclic amines) is 1. The van der Waals surface area contributed by atoms with Gasteiger partial charge in [-0.15, -0.1) is 0 Å². The van der Waals surface area contributed by atoms with E-state index in [2.05, 4.69) is 11.8 Å². The van der Waals surface area contributed by atoms with Crippen molar-refractivity contribution in [3.63, 3.8) is 0 Å². The number of carbonyl (C=O) groups is 1. The third-order valence-electron chi connectivity index (χ3n) is 2.41. The lowest BCUT2D eigenvalue weighted by Gasteiger charge is -2.11. The standard InChI is InChI=1S/C11H19NO2/c1-3-14-11(13)5-4-7-12-8-6-10(2)9-12/h4-5,10H,3,6-9H2,1-2H3/b5-4+. The highest BCUT2D eigenvalue weighted by atomic mass is 16.5. The Kier molecular flexibility index (Phi) is 4.66. The van der Waals surface area contributed by atoms with Gasteiger partial charge in [0.15, 0.2) is 0 Å². The van der Waals surface area contributed by atoms with Gasteiger partial charge in [-0.3, -0.25) is 4.90 Å². The third kappa shape index (κ3) is 3.92. The molecule has 0 amide bonds. The maximum atomic E-state index is 11.0. The first-order valence-corrected chi connectivity index (χ1v) is 5.28. The Morgan fingerprint density at radius 1 is 1.64 bits per heavy atom. The summed E-state index contributed by atoms with van der Waals surface area (Å²) in [5.74, 6) is 0.561. The molecule has 1 saturated heterocycles. The van der Waals surface area contributed by atoms with E-state index >= 15 is 0 Å². The predicted octanol–water partition coefficient (Wildman–Crippen LogP) is 1.45. The van der Waals surface area contributed by atoms with Gasteiger partial charge in [-0.25, -0.2) is 4.79 Å². The van der Waals surface area contributed by atoms with Crippen LogP contribution in [0.1, 0.15) is 20.3 Å². The summed E-state index contributed by atoms with van der Waals surface area (Å²) in [6, 6.07) is 0. The number of rotatable bonds is 4. The molecule has 1 aliphatic heterocycles. The number of esters is 1. The van der Waals surface area contributed by atoms with Gasteiger partial charge in [0.25, 0.3) is 0 Å². The van der Waals surface area contributed by atoms with E-state index in [4.69, 9.17) is 4.74 Å². The average Bonchev–Trinajstić information content (AvgIpc) is 2.52. The Morgan fingerprint density at radius 3 is 3.00 bits per heavy atom. The minimum Gasteiger partial charge on any atom is -0.463 e. The molecule has 1 atom stereocenters. The van der Waals surface area contributed by atoms with Gasteiger partial charge >= 0.3 is 5.97 Å². The van der Waals surface area contributed by atoms with Crippen LogP contribution in [0.4, 0.5) is 0 Å². The van der Waals surface area contributed by atoms with Crippen LogP contribution >= 0.6 is 0 Å². The fraction of sp³-hybridized carbons (Fsp3) is 0.727. The van der Waals surface area contributed by atoms with Crippen LogP contribution in [-0.2, 0) is 9.53 Å². The molecular formula is C11H19NO2. The van der Waals surface area contributed by atoms with Crippen LogP contribution in [0.15, 0.2) is 12.2 Å². The van der Waals surface area contributed by atoms with Gasteiger partial charge in [-0.05, 0) is 25.8 Å². The summed E-state index contributed by atoms with van der Waals surface area (Å²) in [5.41, 5.74) is 0. The lowest BCUT2D eigenvalue weighted by atomic mass is 10.2. The fourth-order valence-electron chi connectivity index (χ4n) is 1.68. The van der Waals surface area contributed by atoms with Crippen molar-refractivity contribution < 1.29 is 9.53 Å². The van der Waals surface area contributed by atoms with Crippen LogP contribution in [0.2, 0.25) is 0 Å². The van der Waals surface area contributed by atoms with Crippen molar-refractivity contribution in [3.8, 4) is 0 Å². The normalized spacial score (nSPS) is 23.1. The van der Waals surface area contributed by atoms with E-state index in [-0.39, 0.29) is 5.97 Å². The summed E-state index contributed by atoms with van der Waals surface area (Å²) in [4.78, 5) is 13.3. The first kappa shape index (κ1) is 11.2. The second-order valence-corrected chi connectivity index (χ2v) is 3.81. The molecule has 1 fully saturated rings.